The third kappa shape index (κ3) is 26.0. The summed E-state index contributed by atoms with van der Waals surface area (Å²) < 4.78 is 35.9. The summed E-state index contributed by atoms with van der Waals surface area (Å²) in [6.45, 7) is 42.5. The van der Waals surface area contributed by atoms with Crippen LogP contribution < -0.4 is 19.6 Å². The van der Waals surface area contributed by atoms with E-state index in [1.807, 2.05) is 98.9 Å². The van der Waals surface area contributed by atoms with Gasteiger partial charge in [-0.2, -0.15) is 0 Å². The molecule has 0 aromatic heterocycles. The Morgan fingerprint density at radius 3 is 1.08 bits per heavy atom. The predicted molar refractivity (Wildman–Crippen MR) is 292 cm³/mol. The first-order chi connectivity index (χ1) is 31.9. The summed E-state index contributed by atoms with van der Waals surface area (Å²) in [5.41, 5.74) is 8.08. The molecule has 66 heavy (non-hydrogen) atoms. The second-order valence-electron chi connectivity index (χ2n) is 13.8. The highest BCUT2D eigenvalue weighted by atomic mass is 79.9. The molecule has 4 aromatic carbocycles. The van der Waals surface area contributed by atoms with Gasteiger partial charge in [0.05, 0.1) is 6.61 Å². The van der Waals surface area contributed by atoms with Gasteiger partial charge in [0.25, 0.3) is 0 Å². The topological polar surface area (TPSA) is 42.4 Å². The highest BCUT2D eigenvalue weighted by molar-refractivity contribution is 9.10. The number of ether oxygens (including phenoxy) is 1. The molecule has 0 spiro atoms. The van der Waals surface area contributed by atoms with Crippen LogP contribution in [0.25, 0.3) is 0 Å². The van der Waals surface area contributed by atoms with Crippen LogP contribution in [0.2, 0.25) is 0 Å². The minimum Gasteiger partial charge on any atom is -0.392 e. The molecule has 0 heterocycles. The number of aliphatic hydroxyl groups excluding tert-OH is 1. The summed E-state index contributed by atoms with van der Waals surface area (Å²) >= 11 is 7.18. The number of hydrogen-bond donors (Lipinski definition) is 1. The molecule has 0 saturated heterocycles. The SMILES string of the molecule is C=CCN(CC=C)c1ccc(CO)c(Br)c1.C=CCN(CC=C)c1ccc(Cc2ccc(N(CC=C)CC=C)cc2Br)cc1.C=CCN(CC=C)c1ccccc1.CCOCC.FB(F)F. The van der Waals surface area contributed by atoms with Gasteiger partial charge in [-0.1, -0.05) is 123 Å². The molecule has 1 N–H and O–H groups in total. The summed E-state index contributed by atoms with van der Waals surface area (Å²) in [6.07, 6.45) is 16.1. The third-order valence-corrected chi connectivity index (χ3v) is 10.5. The molecule has 4 rings (SSSR count). The molecule has 0 saturated carbocycles. The molecule has 0 radical (unpaired) electrons. The number of rotatable bonds is 25. The fraction of sp³-hybridized carbons (Fsp3) is 0.259. The zero-order valence-corrected chi connectivity index (χ0v) is 42.2. The Bertz CT molecular complexity index is 1940. The molecule has 0 aliphatic rings. The Hall–Kier alpha value is -5.27. The molecule has 0 aliphatic heterocycles. The van der Waals surface area contributed by atoms with Crippen LogP contribution >= 0.6 is 31.9 Å². The van der Waals surface area contributed by atoms with Crippen LogP contribution in [0.15, 0.2) is 201 Å². The molecule has 356 valence electrons. The Kier molecular flexibility index (Phi) is 35.8. The first-order valence-electron chi connectivity index (χ1n) is 21.6. The highest BCUT2D eigenvalue weighted by Gasteiger charge is 2.10. The van der Waals surface area contributed by atoms with Crippen molar-refractivity contribution in [1.29, 1.82) is 0 Å². The minimum absolute atomic E-state index is 0.0454. The van der Waals surface area contributed by atoms with Crippen molar-refractivity contribution < 1.29 is 22.8 Å². The van der Waals surface area contributed by atoms with Crippen molar-refractivity contribution in [1.82, 2.24) is 0 Å². The molecule has 0 aliphatic carbocycles. The van der Waals surface area contributed by atoms with E-state index in [4.69, 9.17) is 9.84 Å². The van der Waals surface area contributed by atoms with E-state index in [-0.39, 0.29) is 6.61 Å². The lowest BCUT2D eigenvalue weighted by Crippen LogP contribution is -2.23. The van der Waals surface area contributed by atoms with Gasteiger partial charge in [0.15, 0.2) is 0 Å². The normalized spacial score (nSPS) is 9.58. The number of nitrogens with zero attached hydrogens (tertiary/aromatic N) is 4. The number of benzene rings is 4. The maximum Gasteiger partial charge on any atom is 0.762 e. The Balaban J connectivity index is 0.000000938. The van der Waals surface area contributed by atoms with Crippen molar-refractivity contribution in [3.05, 3.63) is 218 Å². The van der Waals surface area contributed by atoms with Gasteiger partial charge in [-0.15, -0.1) is 52.6 Å². The van der Waals surface area contributed by atoms with Crippen molar-refractivity contribution in [3.63, 3.8) is 0 Å². The second kappa shape index (κ2) is 39.0. The van der Waals surface area contributed by atoms with Crippen LogP contribution in [-0.4, -0.2) is 78.2 Å². The molecule has 0 bridgehead atoms. The smallest absolute Gasteiger partial charge is 0.392 e. The van der Waals surface area contributed by atoms with E-state index >= 15 is 0 Å². The molecular formula is C54H70BBr2F3N4O2. The van der Waals surface area contributed by atoms with Crippen LogP contribution in [0.3, 0.4) is 0 Å². The zero-order chi connectivity index (χ0) is 49.5. The van der Waals surface area contributed by atoms with E-state index in [9.17, 15) is 12.9 Å². The number of hydrogen-bond acceptors (Lipinski definition) is 6. The van der Waals surface area contributed by atoms with E-state index in [0.29, 0.717) is 0 Å². The van der Waals surface area contributed by atoms with Crippen molar-refractivity contribution in [2.45, 2.75) is 26.9 Å². The van der Waals surface area contributed by atoms with Crippen molar-refractivity contribution in [3.8, 4) is 0 Å². The average molecular weight is 1030 g/mol. The third-order valence-electron chi connectivity index (χ3n) is 9.00. The Labute approximate surface area is 412 Å². The van der Waals surface area contributed by atoms with E-state index in [1.54, 1.807) is 0 Å². The summed E-state index contributed by atoms with van der Waals surface area (Å²) in [5, 5.41) is 9.08. The molecule has 0 atom stereocenters. The number of aliphatic hydroxyl groups is 1. The van der Waals surface area contributed by atoms with Gasteiger partial charge in [-0.05, 0) is 85.5 Å². The van der Waals surface area contributed by atoms with Crippen molar-refractivity contribution in [2.75, 3.05) is 85.2 Å². The summed E-state index contributed by atoms with van der Waals surface area (Å²) in [5.74, 6) is 0. The molecule has 0 fully saturated rings. The number of para-hydroxylation sites is 1. The van der Waals surface area contributed by atoms with Gasteiger partial charge in [0.2, 0.25) is 0 Å². The van der Waals surface area contributed by atoms with Crippen LogP contribution in [-0.2, 0) is 17.8 Å². The summed E-state index contributed by atoms with van der Waals surface area (Å²) in [7, 11) is -3.67. The van der Waals surface area contributed by atoms with Crippen LogP contribution in [0.4, 0.5) is 35.7 Å². The summed E-state index contributed by atoms with van der Waals surface area (Å²) in [6, 6.07) is 31.4. The standard InChI is InChI=1S/C25H29BrN2.C13H16BrNO.C12H15N.C4H10O.BF3/c1-5-15-27(16-6-2)23-12-9-21(10-13-23)19-22-11-14-24(20-25(22)26)28(17-7-3)18-8-4;1-3-7-15(8-4-2)12-6-5-11(10-16)13(14)9-12;1-3-10-13(11-4-2)12-8-6-5-7-9-12;1-3-5-4-2;2-1(3)4/h5-14,20H,1-4,15-19H2;3-6,9,16H,1-2,7-8,10H2;3-9H,1-2,10-11H2;3-4H2,1-2H3;. The van der Waals surface area contributed by atoms with E-state index in [2.05, 4.69) is 159 Å². The monoisotopic (exact) mass is 1030 g/mol. The maximum atomic E-state index is 9.67. The predicted octanol–water partition coefficient (Wildman–Crippen LogP) is 14.3. The van der Waals surface area contributed by atoms with Gasteiger partial charge >= 0.3 is 7.54 Å². The lowest BCUT2D eigenvalue weighted by molar-refractivity contribution is 0.162. The van der Waals surface area contributed by atoms with Crippen LogP contribution in [0.5, 0.6) is 0 Å². The fourth-order valence-corrected chi connectivity index (χ4v) is 7.01. The van der Waals surface area contributed by atoms with Crippen molar-refractivity contribution >= 4 is 62.2 Å². The highest BCUT2D eigenvalue weighted by Crippen LogP contribution is 2.28. The maximum absolute atomic E-state index is 9.67. The molecule has 0 unspecified atom stereocenters. The minimum atomic E-state index is -3.67. The summed E-state index contributed by atoms with van der Waals surface area (Å²) in [4.78, 5) is 8.82. The van der Waals surface area contributed by atoms with E-state index in [0.717, 1.165) is 97.9 Å². The quantitative estimate of drug-likeness (QED) is 0.0527. The second-order valence-corrected chi connectivity index (χ2v) is 15.6. The van der Waals surface area contributed by atoms with Crippen LogP contribution in [0, 0.1) is 0 Å². The van der Waals surface area contributed by atoms with E-state index < -0.39 is 7.54 Å². The van der Waals surface area contributed by atoms with Gasteiger partial charge in [-0.3, -0.25) is 12.9 Å². The molecule has 12 heteroatoms. The zero-order valence-electron chi connectivity index (χ0n) is 39.0. The molecule has 0 amide bonds. The molecule has 6 nitrogen and oxygen atoms in total. The molecule has 4 aromatic rings. The largest absolute Gasteiger partial charge is 0.762 e. The van der Waals surface area contributed by atoms with Crippen molar-refractivity contribution in [2.24, 2.45) is 0 Å². The van der Waals surface area contributed by atoms with Gasteiger partial charge in [0, 0.05) is 97.3 Å². The Morgan fingerprint density at radius 2 is 0.788 bits per heavy atom. The number of halogens is 5. The lowest BCUT2D eigenvalue weighted by atomic mass is 10.0. The fourth-order valence-electron chi connectivity index (χ4n) is 6.01. The Morgan fingerprint density at radius 1 is 0.485 bits per heavy atom. The van der Waals surface area contributed by atoms with Gasteiger partial charge in [-0.25, -0.2) is 0 Å². The van der Waals surface area contributed by atoms with Gasteiger partial charge < -0.3 is 29.4 Å². The lowest BCUT2D eigenvalue weighted by Gasteiger charge is -2.23. The first kappa shape index (κ1) is 60.7. The first-order valence-corrected chi connectivity index (χ1v) is 23.2. The number of anilines is 4. The van der Waals surface area contributed by atoms with E-state index in [1.165, 1.54) is 22.5 Å². The molecular weight excluding hydrogens is 964 g/mol. The van der Waals surface area contributed by atoms with Crippen LogP contribution in [0.1, 0.15) is 30.5 Å². The average Bonchev–Trinajstić information content (AvgIpc) is 3.31. The van der Waals surface area contributed by atoms with Gasteiger partial charge in [0.1, 0.15) is 0 Å².